The Kier molecular flexibility index (Phi) is 3.09. The average Bonchev–Trinajstić information content (AvgIpc) is 2.55. The maximum absolute atomic E-state index is 13.9. The standard InChI is InChI=1S/C10H13FN2O5/c1-10(4-14)7(16)6(11)8(18-10)13-3-2-5(15)12-9(13)17/h2-3,6-8,14,16H,4H2,1H3,(H,12,15,17). The van der Waals surface area contributed by atoms with E-state index < -0.39 is 42.0 Å². The van der Waals surface area contributed by atoms with Gasteiger partial charge < -0.3 is 14.9 Å². The molecule has 2 rings (SSSR count). The fourth-order valence-corrected chi connectivity index (χ4v) is 1.87. The van der Waals surface area contributed by atoms with Crippen molar-refractivity contribution < 1.29 is 19.3 Å². The Hall–Kier alpha value is -1.51. The monoisotopic (exact) mass is 260 g/mol. The minimum atomic E-state index is -1.88. The van der Waals surface area contributed by atoms with Gasteiger partial charge >= 0.3 is 5.69 Å². The van der Waals surface area contributed by atoms with Crippen LogP contribution in [0.4, 0.5) is 4.39 Å². The lowest BCUT2D eigenvalue weighted by molar-refractivity contribution is -0.117. The van der Waals surface area contributed by atoms with Crippen molar-refractivity contribution in [3.63, 3.8) is 0 Å². The first-order valence-corrected chi connectivity index (χ1v) is 5.31. The molecule has 0 bridgehead atoms. The third-order valence-corrected chi connectivity index (χ3v) is 3.03. The first-order valence-electron chi connectivity index (χ1n) is 5.31. The van der Waals surface area contributed by atoms with Gasteiger partial charge in [-0.25, -0.2) is 9.18 Å². The molecule has 4 unspecified atom stereocenters. The Bertz CT molecular complexity index is 556. The van der Waals surface area contributed by atoms with Gasteiger partial charge in [0.25, 0.3) is 5.56 Å². The number of halogens is 1. The van der Waals surface area contributed by atoms with E-state index in [2.05, 4.69) is 0 Å². The summed E-state index contributed by atoms with van der Waals surface area (Å²) < 4.78 is 19.9. The van der Waals surface area contributed by atoms with Crippen LogP contribution < -0.4 is 11.2 Å². The molecule has 1 fully saturated rings. The van der Waals surface area contributed by atoms with E-state index in [1.165, 1.54) is 6.92 Å². The predicted molar refractivity (Wildman–Crippen MR) is 57.8 cm³/mol. The molecule has 8 heteroatoms. The van der Waals surface area contributed by atoms with Crippen LogP contribution in [0.2, 0.25) is 0 Å². The molecular formula is C10H13FN2O5. The highest BCUT2D eigenvalue weighted by Gasteiger charge is 2.53. The molecule has 1 aliphatic rings. The number of hydrogen-bond acceptors (Lipinski definition) is 5. The molecule has 0 radical (unpaired) electrons. The van der Waals surface area contributed by atoms with E-state index in [-0.39, 0.29) is 0 Å². The first-order chi connectivity index (χ1) is 8.39. The molecule has 2 heterocycles. The fourth-order valence-electron chi connectivity index (χ4n) is 1.87. The number of alkyl halides is 1. The second-order valence-corrected chi connectivity index (χ2v) is 4.39. The summed E-state index contributed by atoms with van der Waals surface area (Å²) >= 11 is 0. The van der Waals surface area contributed by atoms with E-state index >= 15 is 0 Å². The highest BCUT2D eigenvalue weighted by Crippen LogP contribution is 2.37. The quantitative estimate of drug-likeness (QED) is 0.601. The molecular weight excluding hydrogens is 247 g/mol. The van der Waals surface area contributed by atoms with Crippen molar-refractivity contribution in [2.75, 3.05) is 6.61 Å². The zero-order valence-electron chi connectivity index (χ0n) is 9.54. The van der Waals surface area contributed by atoms with Crippen LogP contribution in [-0.2, 0) is 4.74 Å². The molecule has 3 N–H and O–H groups in total. The predicted octanol–water partition coefficient (Wildman–Crippen LogP) is -1.48. The van der Waals surface area contributed by atoms with Crippen molar-refractivity contribution in [2.24, 2.45) is 0 Å². The molecule has 0 spiro atoms. The van der Waals surface area contributed by atoms with E-state index in [0.717, 1.165) is 16.8 Å². The molecule has 0 aromatic carbocycles. The number of aliphatic hydroxyl groups is 2. The number of hydrogen-bond donors (Lipinski definition) is 3. The maximum Gasteiger partial charge on any atom is 0.330 e. The number of ether oxygens (including phenoxy) is 1. The normalized spacial score (nSPS) is 35.9. The number of nitrogens with zero attached hydrogens (tertiary/aromatic N) is 1. The van der Waals surface area contributed by atoms with Gasteiger partial charge in [-0.2, -0.15) is 0 Å². The lowest BCUT2D eigenvalue weighted by Crippen LogP contribution is -2.42. The molecule has 18 heavy (non-hydrogen) atoms. The number of aromatic nitrogens is 2. The molecule has 100 valence electrons. The van der Waals surface area contributed by atoms with Crippen LogP contribution in [0.3, 0.4) is 0 Å². The van der Waals surface area contributed by atoms with Crippen molar-refractivity contribution in [1.82, 2.24) is 9.55 Å². The third-order valence-electron chi connectivity index (χ3n) is 3.03. The highest BCUT2D eigenvalue weighted by atomic mass is 19.1. The van der Waals surface area contributed by atoms with Crippen LogP contribution in [0, 0.1) is 0 Å². The smallest absolute Gasteiger partial charge is 0.330 e. The largest absolute Gasteiger partial charge is 0.393 e. The zero-order valence-corrected chi connectivity index (χ0v) is 9.54. The number of rotatable bonds is 2. The van der Waals surface area contributed by atoms with Crippen molar-refractivity contribution >= 4 is 0 Å². The Morgan fingerprint density at radius 1 is 1.61 bits per heavy atom. The Labute approximate surface area is 100 Å². The molecule has 1 aromatic rings. The Morgan fingerprint density at radius 2 is 2.28 bits per heavy atom. The summed E-state index contributed by atoms with van der Waals surface area (Å²) in [4.78, 5) is 24.3. The van der Waals surface area contributed by atoms with Crippen molar-refractivity contribution in [2.45, 2.75) is 31.0 Å². The SMILES string of the molecule is CC1(CO)OC(n2ccc(=O)[nH]c2=O)C(F)C1O. The van der Waals surface area contributed by atoms with E-state index in [1.807, 2.05) is 4.98 Å². The van der Waals surface area contributed by atoms with Gasteiger partial charge in [-0.15, -0.1) is 0 Å². The van der Waals surface area contributed by atoms with Crippen LogP contribution >= 0.6 is 0 Å². The summed E-state index contributed by atoms with van der Waals surface area (Å²) in [6.45, 7) is 0.740. The van der Waals surface area contributed by atoms with Gasteiger partial charge in [-0.05, 0) is 6.92 Å². The zero-order chi connectivity index (χ0) is 13.5. The van der Waals surface area contributed by atoms with Gasteiger partial charge in [-0.3, -0.25) is 14.3 Å². The van der Waals surface area contributed by atoms with Gasteiger partial charge in [0, 0.05) is 12.3 Å². The number of aliphatic hydroxyl groups excluding tert-OH is 2. The molecule has 4 atom stereocenters. The van der Waals surface area contributed by atoms with E-state index in [1.54, 1.807) is 0 Å². The summed E-state index contributed by atoms with van der Waals surface area (Å²) in [6, 6.07) is 1.04. The number of nitrogens with one attached hydrogen (secondary N) is 1. The topological polar surface area (TPSA) is 105 Å². The van der Waals surface area contributed by atoms with Gasteiger partial charge in [0.05, 0.1) is 6.61 Å². The molecule has 0 aliphatic carbocycles. The lowest BCUT2D eigenvalue weighted by Gasteiger charge is -2.24. The molecule has 1 aliphatic heterocycles. The van der Waals surface area contributed by atoms with Gasteiger partial charge in [0.2, 0.25) is 0 Å². The first kappa shape index (κ1) is 12.9. The third kappa shape index (κ3) is 1.88. The van der Waals surface area contributed by atoms with E-state index in [9.17, 15) is 19.1 Å². The van der Waals surface area contributed by atoms with Crippen LogP contribution in [-0.4, -0.2) is 44.2 Å². The van der Waals surface area contributed by atoms with Crippen LogP contribution in [0.1, 0.15) is 13.2 Å². The maximum atomic E-state index is 13.9. The summed E-state index contributed by atoms with van der Waals surface area (Å²) in [6.07, 6.45) is -3.76. The molecule has 0 saturated carbocycles. The molecule has 1 saturated heterocycles. The molecule has 1 aromatic heterocycles. The average molecular weight is 260 g/mol. The summed E-state index contributed by atoms with van der Waals surface area (Å²) in [5.41, 5.74) is -2.95. The van der Waals surface area contributed by atoms with Crippen LogP contribution in [0.25, 0.3) is 0 Å². The van der Waals surface area contributed by atoms with Crippen molar-refractivity contribution in [3.05, 3.63) is 33.1 Å². The van der Waals surface area contributed by atoms with E-state index in [0.29, 0.717) is 0 Å². The minimum Gasteiger partial charge on any atom is -0.393 e. The Balaban J connectivity index is 2.41. The summed E-state index contributed by atoms with van der Waals surface area (Å²) in [5.74, 6) is 0. The lowest BCUT2D eigenvalue weighted by atomic mass is 9.99. The molecule has 7 nitrogen and oxygen atoms in total. The minimum absolute atomic E-state index is 0.594. The summed E-state index contributed by atoms with van der Waals surface area (Å²) in [5, 5.41) is 18.7. The highest BCUT2D eigenvalue weighted by molar-refractivity contribution is 4.99. The number of H-pyrrole nitrogens is 1. The van der Waals surface area contributed by atoms with E-state index in [4.69, 9.17) is 9.84 Å². The fraction of sp³-hybridized carbons (Fsp3) is 0.600. The van der Waals surface area contributed by atoms with Gasteiger partial charge in [0.15, 0.2) is 12.4 Å². The Morgan fingerprint density at radius 3 is 2.78 bits per heavy atom. The number of aromatic amines is 1. The van der Waals surface area contributed by atoms with Crippen molar-refractivity contribution in [3.8, 4) is 0 Å². The van der Waals surface area contributed by atoms with Crippen molar-refractivity contribution in [1.29, 1.82) is 0 Å². The van der Waals surface area contributed by atoms with Crippen LogP contribution in [0.5, 0.6) is 0 Å². The van der Waals surface area contributed by atoms with Gasteiger partial charge in [0.1, 0.15) is 11.7 Å². The second-order valence-electron chi connectivity index (χ2n) is 4.39. The van der Waals surface area contributed by atoms with Crippen LogP contribution in [0.15, 0.2) is 21.9 Å². The van der Waals surface area contributed by atoms with Gasteiger partial charge in [-0.1, -0.05) is 0 Å². The molecule has 0 amide bonds. The second kappa shape index (κ2) is 4.30. The summed E-state index contributed by atoms with van der Waals surface area (Å²) in [7, 11) is 0.